The van der Waals surface area contributed by atoms with Gasteiger partial charge >= 0.3 is 0 Å². The predicted octanol–water partition coefficient (Wildman–Crippen LogP) is 4.10. The van der Waals surface area contributed by atoms with Crippen LogP contribution in [0.1, 0.15) is 20.0 Å². The molecule has 3 heterocycles. The highest BCUT2D eigenvalue weighted by atomic mass is 32.1. The van der Waals surface area contributed by atoms with Crippen molar-refractivity contribution in [1.82, 2.24) is 10.2 Å². The lowest BCUT2D eigenvalue weighted by molar-refractivity contribution is 0.102. The maximum absolute atomic E-state index is 13.4. The molecule has 0 aliphatic carbocycles. The van der Waals surface area contributed by atoms with Crippen LogP contribution in [0.15, 0.2) is 54.6 Å². The van der Waals surface area contributed by atoms with E-state index in [0.717, 1.165) is 30.5 Å². The number of halogens is 1. The Kier molecular flexibility index (Phi) is 5.76. The molecule has 0 unspecified atom stereocenters. The summed E-state index contributed by atoms with van der Waals surface area (Å²) in [5, 5.41) is 13.2. The molecule has 0 radical (unpaired) electrons. The molecule has 0 spiro atoms. The van der Waals surface area contributed by atoms with Gasteiger partial charge in [0.1, 0.15) is 16.5 Å². The van der Waals surface area contributed by atoms with E-state index in [9.17, 15) is 14.0 Å². The molecule has 0 atom stereocenters. The molecule has 1 fully saturated rings. The molecule has 2 aromatic heterocycles. The number of carbonyl (C=O) groups excluding carboxylic acids is 2. The number of nitrogens with zero attached hydrogens (tertiary/aromatic N) is 2. The monoisotopic (exact) mass is 465 g/mol. The minimum atomic E-state index is -0.496. The molecular weight excluding hydrogens is 445 g/mol. The van der Waals surface area contributed by atoms with Crippen LogP contribution in [0, 0.1) is 5.82 Å². The second kappa shape index (κ2) is 9.00. The van der Waals surface area contributed by atoms with Gasteiger partial charge in [0.15, 0.2) is 0 Å². The van der Waals surface area contributed by atoms with Crippen LogP contribution < -0.4 is 15.5 Å². The maximum atomic E-state index is 13.4. The number of aromatic amines is 1. The Morgan fingerprint density at radius 3 is 2.67 bits per heavy atom. The molecule has 4 aromatic rings. The van der Waals surface area contributed by atoms with E-state index in [-0.39, 0.29) is 11.5 Å². The summed E-state index contributed by atoms with van der Waals surface area (Å²) in [6.45, 7) is 2.81. The van der Waals surface area contributed by atoms with Crippen molar-refractivity contribution in [2.45, 2.75) is 0 Å². The summed E-state index contributed by atoms with van der Waals surface area (Å²) in [4.78, 5) is 28.7. The molecule has 10 heteroatoms. The summed E-state index contributed by atoms with van der Waals surface area (Å²) in [5.74, 6) is -0.884. The second-order valence-electron chi connectivity index (χ2n) is 7.46. The first-order chi connectivity index (χ1) is 16.1. The van der Waals surface area contributed by atoms with Crippen molar-refractivity contribution in [2.75, 3.05) is 41.8 Å². The van der Waals surface area contributed by atoms with E-state index in [1.807, 2.05) is 24.3 Å². The third-order valence-electron chi connectivity index (χ3n) is 5.30. The highest BCUT2D eigenvalue weighted by Gasteiger charge is 2.20. The zero-order valence-electron chi connectivity index (χ0n) is 17.4. The van der Waals surface area contributed by atoms with Gasteiger partial charge in [-0.3, -0.25) is 14.7 Å². The molecule has 0 saturated carbocycles. The van der Waals surface area contributed by atoms with Crippen LogP contribution in [0.3, 0.4) is 0 Å². The van der Waals surface area contributed by atoms with Crippen LogP contribution >= 0.6 is 11.3 Å². The first-order valence-corrected chi connectivity index (χ1v) is 11.2. The number of thiophene rings is 1. The Morgan fingerprint density at radius 2 is 1.85 bits per heavy atom. The number of hydrogen-bond donors (Lipinski definition) is 3. The van der Waals surface area contributed by atoms with E-state index >= 15 is 0 Å². The molecule has 2 aromatic carbocycles. The number of morpholine rings is 1. The van der Waals surface area contributed by atoms with Gasteiger partial charge in [0.25, 0.3) is 11.8 Å². The molecule has 3 N–H and O–H groups in total. The molecule has 0 bridgehead atoms. The number of nitrogens with one attached hydrogen (secondary N) is 3. The van der Waals surface area contributed by atoms with E-state index in [1.165, 1.54) is 29.5 Å². The zero-order chi connectivity index (χ0) is 22.8. The van der Waals surface area contributed by atoms with Gasteiger partial charge in [-0.1, -0.05) is 18.2 Å². The van der Waals surface area contributed by atoms with Crippen molar-refractivity contribution in [3.05, 3.63) is 70.9 Å². The lowest BCUT2D eigenvalue weighted by Crippen LogP contribution is -2.36. The van der Waals surface area contributed by atoms with Crippen molar-refractivity contribution in [3.8, 4) is 0 Å². The highest BCUT2D eigenvalue weighted by Crippen LogP contribution is 2.32. The van der Waals surface area contributed by atoms with Crippen molar-refractivity contribution < 1.29 is 18.7 Å². The number of aromatic nitrogens is 2. The van der Waals surface area contributed by atoms with Crippen LogP contribution in [0.4, 0.5) is 21.6 Å². The number of para-hydroxylation sites is 2. The lowest BCUT2D eigenvalue weighted by atomic mass is 10.2. The predicted molar refractivity (Wildman–Crippen MR) is 126 cm³/mol. The second-order valence-corrected chi connectivity index (χ2v) is 8.49. The van der Waals surface area contributed by atoms with Crippen molar-refractivity contribution in [1.29, 1.82) is 0 Å². The standard InChI is InChI=1S/C23H20FN5O3S/c24-15-5-3-4-14(12-15)21(30)26-20-16-13-19(33-23(16)28-27-20)22(31)25-17-6-1-2-7-18(17)29-8-10-32-11-9-29/h1-7,12-13H,8-11H2,(H,25,31)(H2,26,27,28,30). The SMILES string of the molecule is O=C(Nc1[nH]nc2sc(C(=O)Nc3ccccc3N3CCOCC3)cc12)c1cccc(F)c1. The van der Waals surface area contributed by atoms with Gasteiger partial charge in [-0.15, -0.1) is 11.3 Å². The quantitative estimate of drug-likeness (QED) is 0.412. The number of benzene rings is 2. The highest BCUT2D eigenvalue weighted by molar-refractivity contribution is 7.20. The number of ether oxygens (including phenoxy) is 1. The van der Waals surface area contributed by atoms with Gasteiger partial charge in [0.2, 0.25) is 0 Å². The number of carbonyl (C=O) groups is 2. The minimum absolute atomic E-state index is 0.186. The fourth-order valence-electron chi connectivity index (χ4n) is 3.68. The van der Waals surface area contributed by atoms with E-state index < -0.39 is 11.7 Å². The molecule has 33 heavy (non-hydrogen) atoms. The number of H-pyrrole nitrogens is 1. The Balaban J connectivity index is 1.35. The average Bonchev–Trinajstić information content (AvgIpc) is 3.42. The van der Waals surface area contributed by atoms with Gasteiger partial charge in [-0.25, -0.2) is 4.39 Å². The first kappa shape index (κ1) is 21.1. The molecule has 1 saturated heterocycles. The van der Waals surface area contributed by atoms with E-state index in [2.05, 4.69) is 25.7 Å². The summed E-state index contributed by atoms with van der Waals surface area (Å²) in [6, 6.07) is 14.7. The fraction of sp³-hybridized carbons (Fsp3) is 0.174. The summed E-state index contributed by atoms with van der Waals surface area (Å²) >= 11 is 1.21. The first-order valence-electron chi connectivity index (χ1n) is 10.4. The van der Waals surface area contributed by atoms with Crippen molar-refractivity contribution in [2.24, 2.45) is 0 Å². The van der Waals surface area contributed by atoms with Crippen LogP contribution in [-0.4, -0.2) is 48.3 Å². The molecule has 1 aliphatic heterocycles. The minimum Gasteiger partial charge on any atom is -0.378 e. The Labute approximate surface area is 192 Å². The van der Waals surface area contributed by atoms with Gasteiger partial charge in [0.05, 0.1) is 34.9 Å². The fourth-order valence-corrected chi connectivity index (χ4v) is 4.57. The number of fused-ring (bicyclic) bond motifs is 1. The summed E-state index contributed by atoms with van der Waals surface area (Å²) < 4.78 is 18.8. The Hall–Kier alpha value is -3.76. The maximum Gasteiger partial charge on any atom is 0.265 e. The van der Waals surface area contributed by atoms with Gasteiger partial charge < -0.3 is 20.3 Å². The van der Waals surface area contributed by atoms with Gasteiger partial charge in [-0.2, -0.15) is 5.10 Å². The third-order valence-corrected chi connectivity index (χ3v) is 6.33. The molecule has 2 amide bonds. The molecule has 5 rings (SSSR count). The smallest absolute Gasteiger partial charge is 0.265 e. The van der Waals surface area contributed by atoms with Crippen LogP contribution in [0.25, 0.3) is 10.2 Å². The lowest BCUT2D eigenvalue weighted by Gasteiger charge is -2.30. The van der Waals surface area contributed by atoms with Gasteiger partial charge in [0, 0.05) is 18.7 Å². The third kappa shape index (κ3) is 4.43. The number of anilines is 3. The van der Waals surface area contributed by atoms with Crippen LogP contribution in [-0.2, 0) is 4.74 Å². The molecule has 1 aliphatic rings. The zero-order valence-corrected chi connectivity index (χ0v) is 18.2. The normalized spacial score (nSPS) is 13.8. The molecular formula is C23H20FN5O3S. The number of hydrogen-bond acceptors (Lipinski definition) is 6. The number of rotatable bonds is 5. The van der Waals surface area contributed by atoms with Gasteiger partial charge in [-0.05, 0) is 36.4 Å². The van der Waals surface area contributed by atoms with E-state index in [1.54, 1.807) is 6.07 Å². The molecule has 168 valence electrons. The van der Waals surface area contributed by atoms with Crippen molar-refractivity contribution >= 4 is 50.6 Å². The van der Waals surface area contributed by atoms with E-state index in [4.69, 9.17) is 4.74 Å². The van der Waals surface area contributed by atoms with E-state index in [0.29, 0.717) is 34.1 Å². The Bertz CT molecular complexity index is 1330. The summed E-state index contributed by atoms with van der Waals surface area (Å²) in [5.41, 5.74) is 1.85. The van der Waals surface area contributed by atoms with Crippen molar-refractivity contribution in [3.63, 3.8) is 0 Å². The number of amides is 2. The average molecular weight is 466 g/mol. The summed E-state index contributed by atoms with van der Waals surface area (Å²) in [6.07, 6.45) is 0. The Morgan fingerprint density at radius 1 is 1.03 bits per heavy atom. The molecule has 8 nitrogen and oxygen atoms in total. The van der Waals surface area contributed by atoms with Crippen LogP contribution in [0.5, 0.6) is 0 Å². The largest absolute Gasteiger partial charge is 0.378 e. The topological polar surface area (TPSA) is 99.3 Å². The summed E-state index contributed by atoms with van der Waals surface area (Å²) in [7, 11) is 0. The van der Waals surface area contributed by atoms with Crippen LogP contribution in [0.2, 0.25) is 0 Å².